The Kier molecular flexibility index (Phi) is 9.51. The average molecular weight is 675 g/mol. The van der Waals surface area contributed by atoms with Gasteiger partial charge < -0.3 is 34.7 Å². The van der Waals surface area contributed by atoms with E-state index in [2.05, 4.69) is 5.32 Å². The first-order valence-corrected chi connectivity index (χ1v) is 14.9. The number of thiazole rings is 1. The first-order valence-electron chi connectivity index (χ1n) is 14.1. The third-order valence-electron chi connectivity index (χ3n) is 7.56. The van der Waals surface area contributed by atoms with Gasteiger partial charge in [0.05, 0.1) is 62.1 Å². The number of hydrogen-bond acceptors (Lipinski definition) is 12. The third kappa shape index (κ3) is 6.05. The Morgan fingerprint density at radius 1 is 0.896 bits per heavy atom. The number of aromatic nitrogens is 1. The summed E-state index contributed by atoms with van der Waals surface area (Å²) in [6.07, 6.45) is 1.59. The molecule has 1 atom stereocenters. The molecule has 1 amide bonds. The van der Waals surface area contributed by atoms with Crippen LogP contribution in [-0.2, 0) is 14.3 Å². The van der Waals surface area contributed by atoms with Crippen molar-refractivity contribution in [3.05, 3.63) is 107 Å². The highest BCUT2D eigenvalue weighted by molar-refractivity contribution is 7.07. The minimum absolute atomic E-state index is 0.0441. The maximum Gasteiger partial charge on any atom is 0.338 e. The molecule has 0 saturated carbocycles. The van der Waals surface area contributed by atoms with Gasteiger partial charge in [0.1, 0.15) is 10.5 Å². The van der Waals surface area contributed by atoms with Crippen LogP contribution in [0.4, 0.5) is 11.4 Å². The number of rotatable bonds is 10. The molecule has 0 fully saturated rings. The highest BCUT2D eigenvalue weighted by Crippen LogP contribution is 2.41. The van der Waals surface area contributed by atoms with Gasteiger partial charge in [-0.1, -0.05) is 18.2 Å². The number of methoxy groups -OCH3 is 5. The van der Waals surface area contributed by atoms with Gasteiger partial charge in [-0.2, -0.15) is 0 Å². The van der Waals surface area contributed by atoms with Crippen LogP contribution >= 0.6 is 11.3 Å². The molecule has 0 spiro atoms. The number of anilines is 1. The van der Waals surface area contributed by atoms with Crippen molar-refractivity contribution in [1.29, 1.82) is 0 Å². The maximum atomic E-state index is 14.3. The number of nitrogens with one attached hydrogen (secondary N) is 1. The number of carbonyl (C=O) groups is 2. The van der Waals surface area contributed by atoms with Gasteiger partial charge in [-0.15, -0.1) is 11.3 Å². The summed E-state index contributed by atoms with van der Waals surface area (Å²) in [5, 5.41) is 14.1. The SMILES string of the molecule is COC(=O)C1=C(N)n2c(s/c(=C/c3ccc(OC)c(OC)c3)c2=O)=C(C(=O)Nc2cccc([N+](=O)[O-])c2)C1c1ccc(OC)c(OC)c1. The number of nitrogens with two attached hydrogens (primary N) is 1. The highest BCUT2D eigenvalue weighted by Gasteiger charge is 2.39. The molecule has 248 valence electrons. The summed E-state index contributed by atoms with van der Waals surface area (Å²) in [6, 6.07) is 15.2. The van der Waals surface area contributed by atoms with Gasteiger partial charge in [0.15, 0.2) is 23.0 Å². The molecule has 1 aliphatic heterocycles. The lowest BCUT2D eigenvalue weighted by Crippen LogP contribution is -2.42. The van der Waals surface area contributed by atoms with Gasteiger partial charge >= 0.3 is 5.97 Å². The molecule has 14 nitrogen and oxygen atoms in total. The van der Waals surface area contributed by atoms with Crippen molar-refractivity contribution in [1.82, 2.24) is 4.57 Å². The zero-order valence-electron chi connectivity index (χ0n) is 26.4. The predicted octanol–water partition coefficient (Wildman–Crippen LogP) is 2.57. The van der Waals surface area contributed by atoms with Gasteiger partial charge in [-0.3, -0.25) is 24.3 Å². The van der Waals surface area contributed by atoms with E-state index in [9.17, 15) is 24.5 Å². The van der Waals surface area contributed by atoms with Gasteiger partial charge in [0, 0.05) is 17.8 Å². The van der Waals surface area contributed by atoms with Crippen LogP contribution in [0.15, 0.2) is 71.0 Å². The summed E-state index contributed by atoms with van der Waals surface area (Å²) in [7, 11) is 7.02. The van der Waals surface area contributed by atoms with Crippen LogP contribution in [0.5, 0.6) is 23.0 Å². The molecule has 3 aromatic carbocycles. The van der Waals surface area contributed by atoms with Crippen molar-refractivity contribution >= 4 is 52.1 Å². The third-order valence-corrected chi connectivity index (χ3v) is 8.67. The smallest absolute Gasteiger partial charge is 0.338 e. The average Bonchev–Trinajstić information content (AvgIpc) is 3.42. The van der Waals surface area contributed by atoms with Crippen molar-refractivity contribution in [2.45, 2.75) is 5.92 Å². The number of benzene rings is 3. The number of ether oxygens (including phenoxy) is 5. The molecule has 4 aromatic rings. The van der Waals surface area contributed by atoms with Crippen LogP contribution in [0.2, 0.25) is 0 Å². The van der Waals surface area contributed by atoms with Crippen LogP contribution in [0.25, 0.3) is 17.5 Å². The van der Waals surface area contributed by atoms with E-state index in [0.717, 1.165) is 23.0 Å². The minimum Gasteiger partial charge on any atom is -0.493 e. The number of non-ortho nitro benzene ring substituents is 1. The molecule has 3 N–H and O–H groups in total. The Morgan fingerprint density at radius 3 is 2.17 bits per heavy atom. The van der Waals surface area contributed by atoms with E-state index >= 15 is 0 Å². The molecule has 15 heteroatoms. The molecule has 1 unspecified atom stereocenters. The topological polar surface area (TPSA) is 183 Å². The summed E-state index contributed by atoms with van der Waals surface area (Å²) in [6.45, 7) is 0. The largest absolute Gasteiger partial charge is 0.493 e. The van der Waals surface area contributed by atoms with Crippen LogP contribution < -0.4 is 44.8 Å². The molecule has 2 heterocycles. The fourth-order valence-electron chi connectivity index (χ4n) is 5.33. The van der Waals surface area contributed by atoms with E-state index in [0.29, 0.717) is 34.1 Å². The van der Waals surface area contributed by atoms with E-state index < -0.39 is 28.3 Å². The Labute approximate surface area is 277 Å². The zero-order chi connectivity index (χ0) is 34.7. The lowest BCUT2D eigenvalue weighted by Gasteiger charge is -2.27. The number of esters is 1. The van der Waals surface area contributed by atoms with Crippen molar-refractivity contribution in [2.75, 3.05) is 40.9 Å². The molecule has 48 heavy (non-hydrogen) atoms. The summed E-state index contributed by atoms with van der Waals surface area (Å²) in [5.74, 6) is -1.46. The molecular weight excluding hydrogens is 644 g/mol. The Balaban J connectivity index is 1.84. The Hall–Kier alpha value is -6.09. The van der Waals surface area contributed by atoms with E-state index in [1.807, 2.05) is 0 Å². The normalized spacial score (nSPS) is 14.2. The second-order valence-electron chi connectivity index (χ2n) is 10.2. The van der Waals surface area contributed by atoms with Crippen molar-refractivity contribution < 1.29 is 38.2 Å². The van der Waals surface area contributed by atoms with Gasteiger partial charge in [-0.25, -0.2) is 4.79 Å². The maximum absolute atomic E-state index is 14.3. The van der Waals surface area contributed by atoms with E-state index in [1.54, 1.807) is 42.5 Å². The highest BCUT2D eigenvalue weighted by atomic mass is 32.1. The number of nitro groups is 1. The molecule has 0 saturated heterocycles. The van der Waals surface area contributed by atoms with E-state index in [4.69, 9.17) is 29.4 Å². The number of nitrogens with zero attached hydrogens (tertiary/aromatic N) is 2. The van der Waals surface area contributed by atoms with Gasteiger partial charge in [0.25, 0.3) is 17.2 Å². The molecule has 0 radical (unpaired) electrons. The van der Waals surface area contributed by atoms with Crippen molar-refractivity contribution in [3.63, 3.8) is 0 Å². The van der Waals surface area contributed by atoms with Crippen molar-refractivity contribution in [2.24, 2.45) is 5.73 Å². The quantitative estimate of drug-likeness (QED) is 0.143. The lowest BCUT2D eigenvalue weighted by atomic mass is 9.82. The Bertz CT molecular complexity index is 2170. The van der Waals surface area contributed by atoms with Crippen LogP contribution in [0, 0.1) is 10.1 Å². The first-order chi connectivity index (χ1) is 23.1. The fourth-order valence-corrected chi connectivity index (χ4v) is 6.51. The number of fused-ring (bicyclic) bond motifs is 1. The van der Waals surface area contributed by atoms with Crippen LogP contribution in [-0.4, -0.2) is 56.9 Å². The predicted molar refractivity (Wildman–Crippen MR) is 178 cm³/mol. The molecular formula is C33H30N4O10S. The summed E-state index contributed by atoms with van der Waals surface area (Å²) in [5.41, 5.74) is 6.60. The number of nitro benzene ring substituents is 1. The summed E-state index contributed by atoms with van der Waals surface area (Å²) in [4.78, 5) is 52.6. The fraction of sp³-hybridized carbons (Fsp3) is 0.182. The molecule has 0 aliphatic carbocycles. The molecule has 1 aromatic heterocycles. The van der Waals surface area contributed by atoms with Crippen LogP contribution in [0.1, 0.15) is 17.0 Å². The number of hydrogen-bond donors (Lipinski definition) is 2. The standard InChI is InChI=1S/C33H30N4O10S/c1-43-21-11-9-17(13-23(21)45-3)14-25-31(39)36-29(34)27(33(40)47-5)26(18-10-12-22(44-2)24(15-18)46-4)28(32(36)48-25)30(38)35-19-7-6-8-20(16-19)37(41)42/h6-16,26H,34H2,1-5H3,(H,35,38)/b25-14+. The number of carbonyl (C=O) groups excluding carboxylic acids is 2. The van der Waals surface area contributed by atoms with E-state index in [-0.39, 0.29) is 37.5 Å². The van der Waals surface area contributed by atoms with Gasteiger partial charge in [-0.05, 0) is 47.5 Å². The summed E-state index contributed by atoms with van der Waals surface area (Å²) < 4.78 is 28.1. The van der Waals surface area contributed by atoms with Crippen LogP contribution in [0.3, 0.4) is 0 Å². The first kappa shape index (κ1) is 33.3. The monoisotopic (exact) mass is 674 g/mol. The minimum atomic E-state index is -1.18. The van der Waals surface area contributed by atoms with Gasteiger partial charge in [0.2, 0.25) is 0 Å². The lowest BCUT2D eigenvalue weighted by molar-refractivity contribution is -0.384. The molecule has 0 bridgehead atoms. The summed E-state index contributed by atoms with van der Waals surface area (Å²) >= 11 is 0.971. The second-order valence-corrected chi connectivity index (χ2v) is 11.2. The zero-order valence-corrected chi connectivity index (χ0v) is 27.2. The Morgan fingerprint density at radius 2 is 1.54 bits per heavy atom. The molecule has 1 aliphatic rings. The number of amides is 1. The van der Waals surface area contributed by atoms with Crippen molar-refractivity contribution in [3.8, 4) is 23.0 Å². The molecule has 5 rings (SSSR count). The van der Waals surface area contributed by atoms with E-state index in [1.165, 1.54) is 52.7 Å². The second kappa shape index (κ2) is 13.7.